The summed E-state index contributed by atoms with van der Waals surface area (Å²) in [5, 5.41) is 9.53. The fourth-order valence-electron chi connectivity index (χ4n) is 2.27. The van der Waals surface area contributed by atoms with E-state index in [1.54, 1.807) is 6.92 Å². The van der Waals surface area contributed by atoms with Crippen LogP contribution in [-0.4, -0.2) is 23.4 Å². The van der Waals surface area contributed by atoms with Gasteiger partial charge in [0.1, 0.15) is 0 Å². The maximum Gasteiger partial charge on any atom is 2.00 e. The largest absolute Gasteiger partial charge is 2.00 e. The standard InChI is InChI=1S/C14H17O2.C5H5.3CO.W/c1-3-13-12(9-14(16-13)10(2)15)11-7-5-4-6-8-11;1-2-4-5-3-1;3*1-2;/h4-8,10,13-15H,3H2,1-2H3;1-5H;;;;/q-1;;;;;+2/t10-,13-,14?;;;;;/m0...../s1. The van der Waals surface area contributed by atoms with Gasteiger partial charge in [-0.25, -0.2) is 6.08 Å². The van der Waals surface area contributed by atoms with Crippen LogP contribution < -0.4 is 0 Å². The van der Waals surface area contributed by atoms with Gasteiger partial charge in [-0.3, -0.25) is 0 Å². The summed E-state index contributed by atoms with van der Waals surface area (Å²) < 4.78 is 28.2. The Labute approximate surface area is 183 Å². The maximum atomic E-state index is 9.53. The van der Waals surface area contributed by atoms with Crippen molar-refractivity contribution in [3.63, 3.8) is 0 Å². The van der Waals surface area contributed by atoms with Gasteiger partial charge in [0.2, 0.25) is 0 Å². The van der Waals surface area contributed by atoms with Gasteiger partial charge in [0.05, 0.1) is 6.10 Å². The van der Waals surface area contributed by atoms with Crippen LogP contribution in [0.15, 0.2) is 30.3 Å². The molecule has 0 bridgehead atoms. The van der Waals surface area contributed by atoms with E-state index >= 15 is 0 Å². The van der Waals surface area contributed by atoms with Crippen molar-refractivity contribution in [2.75, 3.05) is 0 Å². The minimum atomic E-state index is -0.504. The molecule has 1 fully saturated rings. The number of ether oxygens (including phenoxy) is 1. The molecule has 0 spiro atoms. The van der Waals surface area contributed by atoms with Crippen LogP contribution in [0.3, 0.4) is 0 Å². The summed E-state index contributed by atoms with van der Waals surface area (Å²) in [6.07, 6.45) is 13.4. The van der Waals surface area contributed by atoms with Crippen molar-refractivity contribution in [1.82, 2.24) is 0 Å². The van der Waals surface area contributed by atoms with Crippen molar-refractivity contribution >= 4 is 5.57 Å². The van der Waals surface area contributed by atoms with Gasteiger partial charge in [-0.05, 0) is 45.4 Å². The average molecular weight is 550 g/mol. The number of aliphatic hydroxyl groups is 1. The number of benzene rings is 1. The van der Waals surface area contributed by atoms with Gasteiger partial charge in [0, 0.05) is 12.2 Å². The molecule has 1 N–H and O–H groups in total. The molecular weight excluding hydrogens is 528 g/mol. The van der Waals surface area contributed by atoms with Crippen LogP contribution in [0.1, 0.15) is 25.8 Å². The van der Waals surface area contributed by atoms with Gasteiger partial charge in [-0.1, -0.05) is 25.1 Å². The molecule has 2 aliphatic rings. The fraction of sp³-hybridized carbons (Fsp3) is 0.273. The first-order chi connectivity index (χ1) is 13.2. The van der Waals surface area contributed by atoms with Crippen LogP contribution in [0, 0.1) is 58.1 Å². The summed E-state index contributed by atoms with van der Waals surface area (Å²) in [5.41, 5.74) is 2.21. The topological polar surface area (TPSA) is 89.2 Å². The molecule has 1 aromatic rings. The fourth-order valence-corrected chi connectivity index (χ4v) is 2.27. The Kier molecular flexibility index (Phi) is 24.8. The molecule has 1 aliphatic carbocycles. The number of aliphatic hydroxyl groups excluding tert-OH is 1. The van der Waals surface area contributed by atoms with Gasteiger partial charge in [0.15, 0.2) is 0 Å². The Morgan fingerprint density at radius 3 is 1.75 bits per heavy atom. The molecule has 0 aromatic heterocycles. The average Bonchev–Trinajstić information content (AvgIpc) is 3.46. The number of rotatable bonds is 3. The van der Waals surface area contributed by atoms with Gasteiger partial charge in [-0.15, -0.1) is 12.1 Å². The molecular formula is C22H22O5W+. The first-order valence-corrected chi connectivity index (χ1v) is 8.02. The quantitative estimate of drug-likeness (QED) is 0.463. The van der Waals surface area contributed by atoms with Crippen LogP contribution in [0.5, 0.6) is 0 Å². The van der Waals surface area contributed by atoms with Gasteiger partial charge in [-0.2, -0.15) is 11.1 Å². The summed E-state index contributed by atoms with van der Waals surface area (Å²) in [4.78, 5) is 0. The van der Waals surface area contributed by atoms with Crippen molar-refractivity contribution in [2.24, 2.45) is 0 Å². The molecule has 1 heterocycles. The Balaban J connectivity index is -0.000000437. The smallest absolute Gasteiger partial charge is 0.0312 e. The van der Waals surface area contributed by atoms with Gasteiger partial charge in [0.25, 0.3) is 0 Å². The van der Waals surface area contributed by atoms with E-state index in [4.69, 9.17) is 18.7 Å². The zero-order valence-corrected chi connectivity index (χ0v) is 18.6. The zero-order valence-electron chi connectivity index (χ0n) is 15.7. The Morgan fingerprint density at radius 2 is 1.39 bits per heavy atom. The van der Waals surface area contributed by atoms with E-state index in [2.05, 4.69) is 45.1 Å². The predicted molar refractivity (Wildman–Crippen MR) is 97.0 cm³/mol. The van der Waals surface area contributed by atoms with Crippen LogP contribution in [-0.2, 0) is 39.8 Å². The molecule has 1 aliphatic heterocycles. The van der Waals surface area contributed by atoms with Crippen molar-refractivity contribution in [1.29, 1.82) is 0 Å². The molecule has 5 radical (unpaired) electrons. The molecule has 1 saturated carbocycles. The first-order valence-electron chi connectivity index (χ1n) is 8.02. The second kappa shape index (κ2) is 22.1. The molecule has 6 heteroatoms. The SMILES string of the molecule is CC[C@@H]1OC([C@H](C)O)[C-]=C1c1ccccc1.[C-]#[O+].[C-]#[O+].[C-]#[O+].[CH]1[CH][CH][CH][CH]1.[W+2]. The van der Waals surface area contributed by atoms with E-state index in [0.717, 1.165) is 17.6 Å². The molecule has 0 saturated heterocycles. The summed E-state index contributed by atoms with van der Waals surface area (Å²) in [5.74, 6) is 0. The zero-order chi connectivity index (χ0) is 21.1. The van der Waals surface area contributed by atoms with Crippen LogP contribution in [0.2, 0.25) is 0 Å². The number of hydrogen-bond donors (Lipinski definition) is 1. The minimum absolute atomic E-state index is 0. The molecule has 0 amide bonds. The molecule has 3 atom stereocenters. The molecule has 28 heavy (non-hydrogen) atoms. The summed E-state index contributed by atoms with van der Waals surface area (Å²) in [6.45, 7) is 17.3. The van der Waals surface area contributed by atoms with E-state index in [1.165, 1.54) is 0 Å². The van der Waals surface area contributed by atoms with Crippen molar-refractivity contribution < 1.29 is 44.9 Å². The van der Waals surface area contributed by atoms with E-state index in [0.29, 0.717) is 0 Å². The Hall–Kier alpha value is -1.21. The molecule has 1 aromatic carbocycles. The van der Waals surface area contributed by atoms with Crippen LogP contribution >= 0.6 is 0 Å². The van der Waals surface area contributed by atoms with Crippen LogP contribution in [0.25, 0.3) is 5.57 Å². The Morgan fingerprint density at radius 1 is 0.964 bits per heavy atom. The molecule has 5 nitrogen and oxygen atoms in total. The second-order valence-corrected chi connectivity index (χ2v) is 5.08. The van der Waals surface area contributed by atoms with E-state index in [1.807, 2.05) is 50.3 Å². The summed E-state index contributed by atoms with van der Waals surface area (Å²) in [6, 6.07) is 10.1. The van der Waals surface area contributed by atoms with Crippen molar-refractivity contribution in [2.45, 2.75) is 38.6 Å². The third-order valence-corrected chi connectivity index (χ3v) is 3.38. The monoisotopic (exact) mass is 550 g/mol. The molecule has 145 valence electrons. The van der Waals surface area contributed by atoms with Crippen LogP contribution in [0.4, 0.5) is 0 Å². The van der Waals surface area contributed by atoms with E-state index in [9.17, 15) is 5.11 Å². The second-order valence-electron chi connectivity index (χ2n) is 5.08. The first kappa shape index (κ1) is 31.5. The van der Waals surface area contributed by atoms with Crippen molar-refractivity contribution in [3.05, 3.63) is 94.0 Å². The number of hydrogen-bond acceptors (Lipinski definition) is 2. The third-order valence-electron chi connectivity index (χ3n) is 3.38. The third kappa shape index (κ3) is 12.3. The Bertz CT molecular complexity index is 537. The van der Waals surface area contributed by atoms with E-state index in [-0.39, 0.29) is 33.3 Å². The van der Waals surface area contributed by atoms with Gasteiger partial charge >= 0.3 is 55.0 Å². The maximum absolute atomic E-state index is 9.53. The molecule has 3 rings (SSSR count). The molecule has 1 unspecified atom stereocenters. The minimum Gasteiger partial charge on any atom is -0.0312 e. The van der Waals surface area contributed by atoms with Crippen molar-refractivity contribution in [3.8, 4) is 0 Å². The predicted octanol–water partition coefficient (Wildman–Crippen LogP) is 3.34. The normalized spacial score (nSPS) is 19.7. The van der Waals surface area contributed by atoms with E-state index < -0.39 is 6.10 Å². The summed E-state index contributed by atoms with van der Waals surface area (Å²) >= 11 is 0. The summed E-state index contributed by atoms with van der Waals surface area (Å²) in [7, 11) is 0. The van der Waals surface area contributed by atoms with Gasteiger partial charge < -0.3 is 9.84 Å².